The van der Waals surface area contributed by atoms with Crippen molar-refractivity contribution in [3.8, 4) is 0 Å². The van der Waals surface area contributed by atoms with Gasteiger partial charge in [0.05, 0.1) is 12.5 Å². The van der Waals surface area contributed by atoms with Crippen LogP contribution in [0.3, 0.4) is 0 Å². The molecule has 2 rings (SSSR count). The summed E-state index contributed by atoms with van der Waals surface area (Å²) in [4.78, 5) is 31.4. The molecule has 2 heterocycles. The van der Waals surface area contributed by atoms with Gasteiger partial charge in [0.1, 0.15) is 11.4 Å². The molecule has 8 nitrogen and oxygen atoms in total. The maximum Gasteiger partial charge on any atom is 0.324 e. The van der Waals surface area contributed by atoms with Gasteiger partial charge in [-0.25, -0.2) is 9.67 Å². The van der Waals surface area contributed by atoms with Crippen molar-refractivity contribution in [2.45, 2.75) is 19.7 Å². The van der Waals surface area contributed by atoms with Gasteiger partial charge in [-0.3, -0.25) is 14.5 Å². The number of rotatable bonds is 4. The quantitative estimate of drug-likeness (QED) is 0.754. The average molecular weight is 265 g/mol. The Labute approximate surface area is 109 Å². The number of fused-ring (bicyclic) bond motifs is 1. The summed E-state index contributed by atoms with van der Waals surface area (Å²) in [7, 11) is 3.58. The Hall–Kier alpha value is -2.22. The van der Waals surface area contributed by atoms with E-state index in [4.69, 9.17) is 4.74 Å². The number of H-pyrrole nitrogens is 1. The van der Waals surface area contributed by atoms with Crippen molar-refractivity contribution in [2.75, 3.05) is 14.1 Å². The minimum atomic E-state index is -0.363. The number of carbonyl (C=O) groups is 1. The van der Waals surface area contributed by atoms with Gasteiger partial charge in [0.15, 0.2) is 12.4 Å². The maximum atomic E-state index is 11.7. The first-order chi connectivity index (χ1) is 9.00. The summed E-state index contributed by atoms with van der Waals surface area (Å²) in [5.74, 6) is -0.363. The number of ether oxygens (including phenoxy) is 1. The van der Waals surface area contributed by atoms with Gasteiger partial charge < -0.3 is 9.72 Å². The predicted octanol–water partition coefficient (Wildman–Crippen LogP) is -0.430. The number of hydrogen-bond donors (Lipinski definition) is 1. The van der Waals surface area contributed by atoms with Crippen LogP contribution in [0, 0.1) is 0 Å². The Bertz CT molecular complexity index is 645. The van der Waals surface area contributed by atoms with E-state index in [1.54, 1.807) is 25.9 Å². The highest BCUT2D eigenvalue weighted by Gasteiger charge is 2.17. The highest BCUT2D eigenvalue weighted by Crippen LogP contribution is 2.05. The van der Waals surface area contributed by atoms with E-state index >= 15 is 0 Å². The van der Waals surface area contributed by atoms with Gasteiger partial charge in [-0.15, -0.1) is 0 Å². The highest BCUT2D eigenvalue weighted by molar-refractivity contribution is 5.75. The molecule has 0 amide bonds. The molecule has 19 heavy (non-hydrogen) atoms. The minimum absolute atomic E-state index is 0.0725. The van der Waals surface area contributed by atoms with E-state index in [0.717, 1.165) is 0 Å². The second kappa shape index (κ2) is 5.19. The summed E-state index contributed by atoms with van der Waals surface area (Å²) < 4.78 is 6.49. The van der Waals surface area contributed by atoms with Gasteiger partial charge in [-0.05, 0) is 21.0 Å². The number of nitrogens with zero attached hydrogens (tertiary/aromatic N) is 4. The zero-order valence-electron chi connectivity index (χ0n) is 11.0. The molecule has 0 aromatic carbocycles. The highest BCUT2D eigenvalue weighted by atomic mass is 16.5. The Balaban J connectivity index is 2.13. The molecule has 1 atom stereocenters. The van der Waals surface area contributed by atoms with Gasteiger partial charge >= 0.3 is 5.97 Å². The number of hydrogen-bond acceptors (Lipinski definition) is 6. The molecule has 0 bridgehead atoms. The van der Waals surface area contributed by atoms with Crippen LogP contribution in [0.15, 0.2) is 17.3 Å². The third-order valence-electron chi connectivity index (χ3n) is 2.88. The Morgan fingerprint density at radius 3 is 3.00 bits per heavy atom. The number of likely N-dealkylation sites (N-methyl/N-ethyl adjacent to an activating group) is 1. The van der Waals surface area contributed by atoms with E-state index in [1.165, 1.54) is 17.2 Å². The largest absolute Gasteiger partial charge is 0.441 e. The van der Waals surface area contributed by atoms with E-state index in [2.05, 4.69) is 15.1 Å². The summed E-state index contributed by atoms with van der Waals surface area (Å²) in [6.07, 6.45) is 2.68. The molecular formula is C11H15N5O3. The van der Waals surface area contributed by atoms with Crippen LogP contribution in [0.4, 0.5) is 0 Å². The molecule has 0 saturated carbocycles. The molecule has 0 radical (unpaired) electrons. The van der Waals surface area contributed by atoms with Crippen LogP contribution in [0.25, 0.3) is 11.0 Å². The molecule has 8 heteroatoms. The molecule has 0 saturated heterocycles. The molecule has 2 aromatic rings. The fourth-order valence-corrected chi connectivity index (χ4v) is 1.46. The first-order valence-electron chi connectivity index (χ1n) is 5.73. The van der Waals surface area contributed by atoms with Gasteiger partial charge in [0.25, 0.3) is 5.56 Å². The number of carbonyl (C=O) groups excluding carboxylic acids is 1. The number of aromatic nitrogens is 4. The zero-order valence-corrected chi connectivity index (χ0v) is 11.0. The summed E-state index contributed by atoms with van der Waals surface area (Å²) in [6, 6.07) is -0.349. The molecule has 0 aliphatic carbocycles. The Kier molecular flexibility index (Phi) is 3.61. The van der Waals surface area contributed by atoms with Crippen molar-refractivity contribution in [1.29, 1.82) is 0 Å². The van der Waals surface area contributed by atoms with Crippen molar-refractivity contribution in [2.24, 2.45) is 0 Å². The normalized spacial score (nSPS) is 12.8. The van der Waals surface area contributed by atoms with Crippen LogP contribution >= 0.6 is 0 Å². The topological polar surface area (TPSA) is 93.1 Å². The van der Waals surface area contributed by atoms with Crippen LogP contribution in [0.5, 0.6) is 0 Å². The Morgan fingerprint density at radius 1 is 1.58 bits per heavy atom. The summed E-state index contributed by atoms with van der Waals surface area (Å²) in [6.45, 7) is 1.67. The van der Waals surface area contributed by atoms with Crippen molar-refractivity contribution in [3.63, 3.8) is 0 Å². The van der Waals surface area contributed by atoms with Crippen molar-refractivity contribution in [1.82, 2.24) is 24.6 Å². The molecule has 0 aliphatic heterocycles. The third-order valence-corrected chi connectivity index (χ3v) is 2.88. The lowest BCUT2D eigenvalue weighted by Gasteiger charge is -2.17. The van der Waals surface area contributed by atoms with Crippen LogP contribution < -0.4 is 5.56 Å². The number of aromatic amines is 1. The fourth-order valence-electron chi connectivity index (χ4n) is 1.46. The lowest BCUT2D eigenvalue weighted by atomic mass is 10.3. The van der Waals surface area contributed by atoms with E-state index in [0.29, 0.717) is 11.0 Å². The molecule has 0 spiro atoms. The van der Waals surface area contributed by atoms with Gasteiger partial charge in [-0.2, -0.15) is 5.10 Å². The van der Waals surface area contributed by atoms with E-state index < -0.39 is 0 Å². The molecule has 102 valence electrons. The lowest BCUT2D eigenvalue weighted by Crippen LogP contribution is -2.34. The fraction of sp³-hybridized carbons (Fsp3) is 0.455. The summed E-state index contributed by atoms with van der Waals surface area (Å²) >= 11 is 0. The SMILES string of the molecule is C[C@@H](C(=O)OCn1ncc2c(=O)[nH]cnc21)N(C)C. The third kappa shape index (κ3) is 2.63. The number of esters is 1. The monoisotopic (exact) mass is 265 g/mol. The average Bonchev–Trinajstić information content (AvgIpc) is 2.79. The van der Waals surface area contributed by atoms with Crippen LogP contribution in [0.1, 0.15) is 6.92 Å². The van der Waals surface area contributed by atoms with Crippen molar-refractivity contribution >= 4 is 17.0 Å². The van der Waals surface area contributed by atoms with E-state index in [9.17, 15) is 9.59 Å². The predicted molar refractivity (Wildman–Crippen MR) is 67.4 cm³/mol. The smallest absolute Gasteiger partial charge is 0.324 e. The molecule has 1 N–H and O–H groups in total. The van der Waals surface area contributed by atoms with Crippen LogP contribution in [-0.2, 0) is 16.3 Å². The summed E-state index contributed by atoms with van der Waals surface area (Å²) in [5.41, 5.74) is 0.110. The van der Waals surface area contributed by atoms with Crippen LogP contribution in [0.2, 0.25) is 0 Å². The number of nitrogens with one attached hydrogen (secondary N) is 1. The van der Waals surface area contributed by atoms with Gasteiger partial charge in [0.2, 0.25) is 0 Å². The second-order valence-corrected chi connectivity index (χ2v) is 4.35. The lowest BCUT2D eigenvalue weighted by molar-refractivity contribution is -0.152. The molecule has 0 aliphatic rings. The van der Waals surface area contributed by atoms with Gasteiger partial charge in [0, 0.05) is 0 Å². The molecule has 0 fully saturated rings. The second-order valence-electron chi connectivity index (χ2n) is 4.35. The standard InChI is InChI=1S/C11H15N5O3/c1-7(15(2)3)11(18)19-6-16-9-8(4-14-16)10(17)13-5-12-9/h4-5,7H,6H2,1-3H3,(H,12,13,17)/t7-/m0/s1. The minimum Gasteiger partial charge on any atom is -0.441 e. The Morgan fingerprint density at radius 2 is 2.32 bits per heavy atom. The van der Waals surface area contributed by atoms with E-state index in [1.807, 2.05) is 0 Å². The zero-order chi connectivity index (χ0) is 14.0. The van der Waals surface area contributed by atoms with Crippen molar-refractivity contribution in [3.05, 3.63) is 22.9 Å². The molecule has 2 aromatic heterocycles. The van der Waals surface area contributed by atoms with Gasteiger partial charge in [-0.1, -0.05) is 0 Å². The molecular weight excluding hydrogens is 250 g/mol. The summed E-state index contributed by atoms with van der Waals surface area (Å²) in [5, 5.41) is 4.34. The van der Waals surface area contributed by atoms with Crippen molar-refractivity contribution < 1.29 is 9.53 Å². The molecule has 0 unspecified atom stereocenters. The maximum absolute atomic E-state index is 11.7. The van der Waals surface area contributed by atoms with E-state index in [-0.39, 0.29) is 24.3 Å². The first-order valence-corrected chi connectivity index (χ1v) is 5.73. The van der Waals surface area contributed by atoms with Crippen LogP contribution in [-0.4, -0.2) is 50.8 Å². The first kappa shape index (κ1) is 13.2.